The third kappa shape index (κ3) is 5.05. The predicted octanol–water partition coefficient (Wildman–Crippen LogP) is 3.01. The number of aryl methyl sites for hydroxylation is 1. The minimum atomic E-state index is -0.0943. The van der Waals surface area contributed by atoms with Crippen molar-refractivity contribution in [1.29, 1.82) is 0 Å². The maximum Gasteiger partial charge on any atom is 0.262 e. The van der Waals surface area contributed by atoms with Crippen molar-refractivity contribution in [3.63, 3.8) is 0 Å². The molecule has 148 valence electrons. The number of nitrogens with one attached hydrogen (secondary N) is 1. The Morgan fingerprint density at radius 1 is 1.21 bits per heavy atom. The SMILES string of the molecule is CCN(CC)Cc1cccc(CNC(=O)CCn2cnc3sccc3c2=O)c1. The van der Waals surface area contributed by atoms with Crippen LogP contribution in [0, 0.1) is 0 Å². The number of carbonyl (C=O) groups is 1. The number of carbonyl (C=O) groups excluding carboxylic acids is 1. The third-order valence-electron chi connectivity index (χ3n) is 4.81. The van der Waals surface area contributed by atoms with Crippen molar-refractivity contribution < 1.29 is 4.79 Å². The van der Waals surface area contributed by atoms with Gasteiger partial charge in [0.1, 0.15) is 4.83 Å². The fourth-order valence-corrected chi connectivity index (χ4v) is 3.83. The van der Waals surface area contributed by atoms with E-state index in [0.717, 1.165) is 30.0 Å². The van der Waals surface area contributed by atoms with Gasteiger partial charge in [-0.05, 0) is 35.7 Å². The summed E-state index contributed by atoms with van der Waals surface area (Å²) in [6.07, 6.45) is 1.77. The van der Waals surface area contributed by atoms with Gasteiger partial charge in [-0.3, -0.25) is 19.1 Å². The van der Waals surface area contributed by atoms with Crippen LogP contribution in [0.5, 0.6) is 0 Å². The average molecular weight is 399 g/mol. The molecule has 0 spiro atoms. The first kappa shape index (κ1) is 20.2. The minimum Gasteiger partial charge on any atom is -0.352 e. The maximum atomic E-state index is 12.4. The van der Waals surface area contributed by atoms with Crippen LogP contribution in [0.1, 0.15) is 31.4 Å². The van der Waals surface area contributed by atoms with Gasteiger partial charge in [-0.25, -0.2) is 4.98 Å². The summed E-state index contributed by atoms with van der Waals surface area (Å²) < 4.78 is 1.50. The lowest BCUT2D eigenvalue weighted by Crippen LogP contribution is -2.27. The fourth-order valence-electron chi connectivity index (χ4n) is 3.11. The largest absolute Gasteiger partial charge is 0.352 e. The maximum absolute atomic E-state index is 12.4. The summed E-state index contributed by atoms with van der Waals surface area (Å²) >= 11 is 1.44. The van der Waals surface area contributed by atoms with Crippen LogP contribution in [-0.2, 0) is 24.4 Å². The van der Waals surface area contributed by atoms with Gasteiger partial charge in [-0.1, -0.05) is 38.1 Å². The van der Waals surface area contributed by atoms with E-state index in [2.05, 4.69) is 41.2 Å². The summed E-state index contributed by atoms with van der Waals surface area (Å²) in [5.74, 6) is -0.0774. The average Bonchev–Trinajstić information content (AvgIpc) is 3.20. The van der Waals surface area contributed by atoms with E-state index in [0.29, 0.717) is 18.5 Å². The smallest absolute Gasteiger partial charge is 0.262 e. The number of rotatable bonds is 9. The summed E-state index contributed by atoms with van der Waals surface area (Å²) in [6, 6.07) is 10.1. The van der Waals surface area contributed by atoms with Crippen LogP contribution in [0.4, 0.5) is 0 Å². The first-order valence-electron chi connectivity index (χ1n) is 9.60. The second kappa shape index (κ2) is 9.61. The van der Waals surface area contributed by atoms with Crippen LogP contribution >= 0.6 is 11.3 Å². The van der Waals surface area contributed by atoms with Crippen LogP contribution < -0.4 is 10.9 Å². The lowest BCUT2D eigenvalue weighted by Gasteiger charge is -2.18. The van der Waals surface area contributed by atoms with Gasteiger partial charge in [0.2, 0.25) is 5.91 Å². The van der Waals surface area contributed by atoms with Crippen molar-refractivity contribution in [3.05, 3.63) is 63.5 Å². The van der Waals surface area contributed by atoms with E-state index in [4.69, 9.17) is 0 Å². The zero-order valence-electron chi connectivity index (χ0n) is 16.4. The Morgan fingerprint density at radius 2 is 2.00 bits per heavy atom. The molecule has 1 aromatic carbocycles. The molecule has 0 aliphatic carbocycles. The highest BCUT2D eigenvalue weighted by molar-refractivity contribution is 7.16. The van der Waals surface area contributed by atoms with Crippen molar-refractivity contribution in [2.24, 2.45) is 0 Å². The van der Waals surface area contributed by atoms with Gasteiger partial charge in [0.05, 0.1) is 11.7 Å². The summed E-state index contributed by atoms with van der Waals surface area (Å²) in [7, 11) is 0. The van der Waals surface area contributed by atoms with Gasteiger partial charge in [0, 0.05) is 26.1 Å². The number of thiophene rings is 1. The van der Waals surface area contributed by atoms with E-state index in [-0.39, 0.29) is 17.9 Å². The van der Waals surface area contributed by atoms with E-state index >= 15 is 0 Å². The molecular weight excluding hydrogens is 372 g/mol. The van der Waals surface area contributed by atoms with Crippen LogP contribution in [0.2, 0.25) is 0 Å². The van der Waals surface area contributed by atoms with Gasteiger partial charge in [-0.2, -0.15) is 0 Å². The lowest BCUT2D eigenvalue weighted by atomic mass is 10.1. The Morgan fingerprint density at radius 3 is 2.79 bits per heavy atom. The summed E-state index contributed by atoms with van der Waals surface area (Å²) in [5.41, 5.74) is 2.23. The number of amides is 1. The van der Waals surface area contributed by atoms with Gasteiger partial charge < -0.3 is 5.32 Å². The van der Waals surface area contributed by atoms with E-state index in [1.807, 2.05) is 17.5 Å². The van der Waals surface area contributed by atoms with Crippen LogP contribution in [0.15, 0.2) is 46.8 Å². The highest BCUT2D eigenvalue weighted by Crippen LogP contribution is 2.13. The molecule has 2 heterocycles. The lowest BCUT2D eigenvalue weighted by molar-refractivity contribution is -0.121. The molecule has 0 unspecified atom stereocenters. The Bertz CT molecular complexity index is 991. The molecule has 3 aromatic rings. The molecule has 6 nitrogen and oxygen atoms in total. The monoisotopic (exact) mass is 398 g/mol. The molecule has 3 rings (SSSR count). The van der Waals surface area contributed by atoms with Crippen molar-refractivity contribution in [2.45, 2.75) is 39.9 Å². The molecule has 0 fully saturated rings. The highest BCUT2D eigenvalue weighted by Gasteiger charge is 2.08. The molecule has 0 aliphatic heterocycles. The number of nitrogens with zero attached hydrogens (tertiary/aromatic N) is 3. The molecule has 28 heavy (non-hydrogen) atoms. The van der Waals surface area contributed by atoms with Gasteiger partial charge in [0.15, 0.2) is 0 Å². The Balaban J connectivity index is 1.52. The number of benzene rings is 1. The first-order valence-corrected chi connectivity index (χ1v) is 10.5. The minimum absolute atomic E-state index is 0.0774. The fraction of sp³-hybridized carbons (Fsp3) is 0.381. The summed E-state index contributed by atoms with van der Waals surface area (Å²) in [5, 5.41) is 5.40. The number of hydrogen-bond acceptors (Lipinski definition) is 5. The molecule has 0 aliphatic rings. The van der Waals surface area contributed by atoms with Crippen LogP contribution in [0.3, 0.4) is 0 Å². The first-order chi connectivity index (χ1) is 13.6. The molecule has 2 aromatic heterocycles. The third-order valence-corrected chi connectivity index (χ3v) is 5.63. The van der Waals surface area contributed by atoms with Gasteiger partial charge in [-0.15, -0.1) is 11.3 Å². The van der Waals surface area contributed by atoms with Crippen LogP contribution in [0.25, 0.3) is 10.2 Å². The second-order valence-electron chi connectivity index (χ2n) is 6.69. The number of fused-ring (bicyclic) bond motifs is 1. The predicted molar refractivity (Wildman–Crippen MR) is 113 cm³/mol. The van der Waals surface area contributed by atoms with Crippen molar-refractivity contribution in [3.8, 4) is 0 Å². The zero-order valence-corrected chi connectivity index (χ0v) is 17.2. The van der Waals surface area contributed by atoms with Crippen molar-refractivity contribution in [1.82, 2.24) is 19.8 Å². The second-order valence-corrected chi connectivity index (χ2v) is 7.59. The molecule has 0 radical (unpaired) electrons. The van der Waals surface area contributed by atoms with E-state index in [1.165, 1.54) is 27.8 Å². The Hall–Kier alpha value is -2.51. The van der Waals surface area contributed by atoms with Crippen LogP contribution in [-0.4, -0.2) is 33.4 Å². The zero-order chi connectivity index (χ0) is 19.9. The number of hydrogen-bond donors (Lipinski definition) is 1. The van der Waals surface area contributed by atoms with E-state index in [9.17, 15) is 9.59 Å². The van der Waals surface area contributed by atoms with Gasteiger partial charge in [0.25, 0.3) is 5.56 Å². The van der Waals surface area contributed by atoms with Gasteiger partial charge >= 0.3 is 0 Å². The summed E-state index contributed by atoms with van der Waals surface area (Å²) in [6.45, 7) is 8.07. The number of aromatic nitrogens is 2. The summed E-state index contributed by atoms with van der Waals surface area (Å²) in [4.78, 5) is 31.9. The molecule has 1 N–H and O–H groups in total. The molecule has 0 saturated carbocycles. The molecule has 1 amide bonds. The normalized spacial score (nSPS) is 11.2. The van der Waals surface area contributed by atoms with Crippen molar-refractivity contribution in [2.75, 3.05) is 13.1 Å². The topological polar surface area (TPSA) is 67.2 Å². The molecular formula is C21H26N4O2S. The molecule has 0 saturated heterocycles. The van der Waals surface area contributed by atoms with E-state index in [1.54, 1.807) is 6.07 Å². The molecule has 0 bridgehead atoms. The Kier molecular flexibility index (Phi) is 6.95. The quantitative estimate of drug-likeness (QED) is 0.602. The molecule has 7 heteroatoms. The standard InChI is InChI=1S/C21H26N4O2S/c1-3-24(4-2)14-17-7-5-6-16(12-17)13-22-19(26)8-10-25-15-23-20-18(21(25)27)9-11-28-20/h5-7,9,11-12,15H,3-4,8,10,13-14H2,1-2H3,(H,22,26). The highest BCUT2D eigenvalue weighted by atomic mass is 32.1. The Labute approximate surface area is 168 Å². The van der Waals surface area contributed by atoms with E-state index < -0.39 is 0 Å². The molecule has 0 atom stereocenters. The van der Waals surface area contributed by atoms with Crippen molar-refractivity contribution >= 4 is 27.5 Å².